The number of nitrogens with zero attached hydrogens (tertiary/aromatic N) is 1. The van der Waals surface area contributed by atoms with E-state index in [-0.39, 0.29) is 11.9 Å². The van der Waals surface area contributed by atoms with Crippen molar-refractivity contribution in [3.05, 3.63) is 24.0 Å². The van der Waals surface area contributed by atoms with Gasteiger partial charge in [0.05, 0.1) is 12.1 Å². The summed E-state index contributed by atoms with van der Waals surface area (Å²) in [5.41, 5.74) is 1.08. The molecule has 3 heteroatoms. The largest absolute Gasteiger partial charge is 0.425 e. The van der Waals surface area contributed by atoms with Crippen LogP contribution in [0.15, 0.2) is 18.3 Å². The number of rotatable bonds is 11. The smallest absolute Gasteiger partial charge is 0.314 e. The molecule has 26 heavy (non-hydrogen) atoms. The number of aryl methyl sites for hydroxylation is 1. The highest BCUT2D eigenvalue weighted by Crippen LogP contribution is 2.33. The van der Waals surface area contributed by atoms with Crippen molar-refractivity contribution in [2.24, 2.45) is 11.8 Å². The van der Waals surface area contributed by atoms with Crippen molar-refractivity contribution < 1.29 is 9.53 Å². The van der Waals surface area contributed by atoms with Crippen LogP contribution in [0, 0.1) is 11.8 Å². The van der Waals surface area contributed by atoms with E-state index in [1.807, 2.05) is 12.1 Å². The Morgan fingerprint density at radius 3 is 2.38 bits per heavy atom. The first-order chi connectivity index (χ1) is 12.7. The van der Waals surface area contributed by atoms with E-state index in [1.54, 1.807) is 6.20 Å². The third kappa shape index (κ3) is 7.47. The molecule has 0 radical (unpaired) electrons. The summed E-state index contributed by atoms with van der Waals surface area (Å²) in [4.78, 5) is 16.8. The minimum Gasteiger partial charge on any atom is -0.425 e. The van der Waals surface area contributed by atoms with Crippen LogP contribution in [0.4, 0.5) is 0 Å². The Labute approximate surface area is 159 Å². The molecule has 1 aliphatic rings. The molecule has 146 valence electrons. The number of aromatic nitrogens is 1. The number of unbranched alkanes of at least 4 members (excludes halogenated alkanes) is 5. The molecule has 0 spiro atoms. The highest BCUT2D eigenvalue weighted by atomic mass is 16.5. The highest BCUT2D eigenvalue weighted by Gasteiger charge is 2.27. The van der Waals surface area contributed by atoms with Gasteiger partial charge in [0.1, 0.15) is 5.75 Å². The van der Waals surface area contributed by atoms with Crippen LogP contribution in [-0.4, -0.2) is 11.0 Å². The van der Waals surface area contributed by atoms with Gasteiger partial charge in [0.2, 0.25) is 0 Å². The van der Waals surface area contributed by atoms with Crippen molar-refractivity contribution in [1.29, 1.82) is 0 Å². The molecule has 1 aromatic heterocycles. The summed E-state index contributed by atoms with van der Waals surface area (Å²) < 4.78 is 5.57. The molecule has 0 atom stereocenters. The monoisotopic (exact) mass is 359 g/mol. The van der Waals surface area contributed by atoms with Gasteiger partial charge < -0.3 is 4.74 Å². The summed E-state index contributed by atoms with van der Waals surface area (Å²) in [6.07, 6.45) is 17.5. The summed E-state index contributed by atoms with van der Waals surface area (Å²) in [6.45, 7) is 4.44. The fraction of sp³-hybridized carbons (Fsp3) is 0.739. The van der Waals surface area contributed by atoms with Crippen LogP contribution in [0.1, 0.15) is 96.6 Å². The molecule has 0 amide bonds. The van der Waals surface area contributed by atoms with Crippen LogP contribution < -0.4 is 4.74 Å². The summed E-state index contributed by atoms with van der Waals surface area (Å²) in [5.74, 6) is 1.43. The Morgan fingerprint density at radius 2 is 1.73 bits per heavy atom. The average molecular weight is 360 g/mol. The zero-order chi connectivity index (χ0) is 18.6. The first-order valence-corrected chi connectivity index (χ1v) is 10.9. The van der Waals surface area contributed by atoms with E-state index in [9.17, 15) is 4.79 Å². The standard InChI is InChI=1S/C23H37NO2/c1-3-5-7-8-9-10-19-12-14-20(15-13-19)23(25)26-22-17-16-21(24-18-22)11-6-4-2/h16-20H,3-15H2,1-2H3/t19-,20-. The molecule has 1 aromatic rings. The maximum atomic E-state index is 12.4. The van der Waals surface area contributed by atoms with E-state index in [0.717, 1.165) is 37.3 Å². The van der Waals surface area contributed by atoms with Crippen molar-refractivity contribution in [2.45, 2.75) is 97.3 Å². The van der Waals surface area contributed by atoms with Crippen molar-refractivity contribution in [3.63, 3.8) is 0 Å². The molecule has 0 bridgehead atoms. The molecule has 2 rings (SSSR count). The van der Waals surface area contributed by atoms with E-state index < -0.39 is 0 Å². The van der Waals surface area contributed by atoms with Crippen molar-refractivity contribution in [1.82, 2.24) is 4.98 Å². The van der Waals surface area contributed by atoms with Gasteiger partial charge in [-0.15, -0.1) is 0 Å². The van der Waals surface area contributed by atoms with Crippen LogP contribution in [0.3, 0.4) is 0 Å². The fourth-order valence-electron chi connectivity index (χ4n) is 3.90. The second-order valence-corrected chi connectivity index (χ2v) is 7.93. The van der Waals surface area contributed by atoms with Gasteiger partial charge in [-0.25, -0.2) is 0 Å². The number of carbonyl (C=O) groups is 1. The summed E-state index contributed by atoms with van der Waals surface area (Å²) >= 11 is 0. The SMILES string of the molecule is CCCCCCC[C@H]1CC[C@H](C(=O)Oc2ccc(CCCC)nc2)CC1. The summed E-state index contributed by atoms with van der Waals surface area (Å²) in [6, 6.07) is 3.87. The van der Waals surface area contributed by atoms with Crippen LogP contribution >= 0.6 is 0 Å². The molecule has 1 saturated carbocycles. The first kappa shape index (κ1) is 20.9. The lowest BCUT2D eigenvalue weighted by atomic mass is 9.80. The zero-order valence-corrected chi connectivity index (χ0v) is 16.8. The molecule has 3 nitrogen and oxygen atoms in total. The normalized spacial score (nSPS) is 20.1. The van der Waals surface area contributed by atoms with E-state index >= 15 is 0 Å². The Hall–Kier alpha value is -1.38. The highest BCUT2D eigenvalue weighted by molar-refractivity contribution is 5.75. The molecule has 1 fully saturated rings. The number of hydrogen-bond donors (Lipinski definition) is 0. The number of pyridine rings is 1. The number of esters is 1. The van der Waals surface area contributed by atoms with Gasteiger partial charge >= 0.3 is 5.97 Å². The van der Waals surface area contributed by atoms with Crippen LogP contribution in [-0.2, 0) is 11.2 Å². The lowest BCUT2D eigenvalue weighted by molar-refractivity contribution is -0.140. The molecule has 0 aromatic carbocycles. The predicted octanol–water partition coefficient (Wildman–Crippen LogP) is 6.50. The zero-order valence-electron chi connectivity index (χ0n) is 16.8. The van der Waals surface area contributed by atoms with Gasteiger partial charge in [0.25, 0.3) is 0 Å². The van der Waals surface area contributed by atoms with Crippen LogP contribution in [0.5, 0.6) is 5.75 Å². The van der Waals surface area contributed by atoms with E-state index in [1.165, 1.54) is 57.8 Å². The van der Waals surface area contributed by atoms with Gasteiger partial charge in [0, 0.05) is 5.69 Å². The topological polar surface area (TPSA) is 39.2 Å². The molecule has 0 N–H and O–H groups in total. The Bertz CT molecular complexity index is 503. The van der Waals surface area contributed by atoms with Gasteiger partial charge in [-0.05, 0) is 56.6 Å². The second-order valence-electron chi connectivity index (χ2n) is 7.93. The molecule has 1 heterocycles. The molecule has 0 aliphatic heterocycles. The maximum Gasteiger partial charge on any atom is 0.314 e. The Balaban J connectivity index is 1.66. The van der Waals surface area contributed by atoms with E-state index in [0.29, 0.717) is 5.75 Å². The van der Waals surface area contributed by atoms with Gasteiger partial charge in [-0.2, -0.15) is 0 Å². The molecule has 0 saturated heterocycles. The molecular weight excluding hydrogens is 322 g/mol. The minimum absolute atomic E-state index is 0.0606. The van der Waals surface area contributed by atoms with Gasteiger partial charge in [-0.1, -0.05) is 58.8 Å². The van der Waals surface area contributed by atoms with Gasteiger partial charge in [0.15, 0.2) is 0 Å². The summed E-state index contributed by atoms with van der Waals surface area (Å²) in [5, 5.41) is 0. The molecular formula is C23H37NO2. The number of carbonyl (C=O) groups excluding carboxylic acids is 1. The Kier molecular flexibility index (Phi) is 9.73. The third-order valence-corrected chi connectivity index (χ3v) is 5.70. The van der Waals surface area contributed by atoms with Crippen molar-refractivity contribution in [2.75, 3.05) is 0 Å². The maximum absolute atomic E-state index is 12.4. The average Bonchev–Trinajstić information content (AvgIpc) is 2.68. The number of hydrogen-bond acceptors (Lipinski definition) is 3. The van der Waals surface area contributed by atoms with Crippen LogP contribution in [0.2, 0.25) is 0 Å². The first-order valence-electron chi connectivity index (χ1n) is 10.9. The second kappa shape index (κ2) is 12.1. The number of ether oxygens (including phenoxy) is 1. The van der Waals surface area contributed by atoms with Crippen molar-refractivity contribution in [3.8, 4) is 5.75 Å². The molecule has 1 aliphatic carbocycles. The predicted molar refractivity (Wildman–Crippen MR) is 107 cm³/mol. The quantitative estimate of drug-likeness (QED) is 0.334. The minimum atomic E-state index is -0.0606. The van der Waals surface area contributed by atoms with Crippen LogP contribution in [0.25, 0.3) is 0 Å². The molecule has 0 unspecified atom stereocenters. The Morgan fingerprint density at radius 1 is 1.00 bits per heavy atom. The summed E-state index contributed by atoms with van der Waals surface area (Å²) in [7, 11) is 0. The van der Waals surface area contributed by atoms with Gasteiger partial charge in [-0.3, -0.25) is 9.78 Å². The fourth-order valence-corrected chi connectivity index (χ4v) is 3.90. The lowest BCUT2D eigenvalue weighted by Gasteiger charge is -2.27. The van der Waals surface area contributed by atoms with E-state index in [4.69, 9.17) is 4.74 Å². The van der Waals surface area contributed by atoms with E-state index in [2.05, 4.69) is 18.8 Å². The third-order valence-electron chi connectivity index (χ3n) is 5.70. The van der Waals surface area contributed by atoms with Crippen molar-refractivity contribution >= 4 is 5.97 Å². The lowest BCUT2D eigenvalue weighted by Crippen LogP contribution is -2.25.